The van der Waals surface area contributed by atoms with Gasteiger partial charge in [-0.15, -0.1) is 0 Å². The molecule has 17 heavy (non-hydrogen) atoms. The van der Waals surface area contributed by atoms with Crippen molar-refractivity contribution in [1.82, 2.24) is 4.98 Å². The van der Waals surface area contributed by atoms with Crippen LogP contribution in [-0.2, 0) is 4.74 Å². The van der Waals surface area contributed by atoms with Gasteiger partial charge in [0.25, 0.3) is 0 Å². The molecule has 0 bridgehead atoms. The van der Waals surface area contributed by atoms with Crippen molar-refractivity contribution in [1.29, 1.82) is 5.26 Å². The molecule has 4 heteroatoms. The van der Waals surface area contributed by atoms with Crippen LogP contribution >= 0.6 is 0 Å². The van der Waals surface area contributed by atoms with Crippen LogP contribution in [0, 0.1) is 16.7 Å². The molecule has 0 radical (unpaired) electrons. The van der Waals surface area contributed by atoms with E-state index in [0.717, 1.165) is 0 Å². The molecule has 1 atom stereocenters. The van der Waals surface area contributed by atoms with Gasteiger partial charge in [-0.3, -0.25) is 0 Å². The molecular formula is C13H15N3O. The summed E-state index contributed by atoms with van der Waals surface area (Å²) in [4.78, 5) is 8.70. The molecule has 1 aromatic heterocycles. The van der Waals surface area contributed by atoms with Crippen LogP contribution in [0.5, 0.6) is 0 Å². The molecule has 4 nitrogen and oxygen atoms in total. The lowest BCUT2D eigenvalue weighted by Gasteiger charge is -2.21. The Labute approximate surface area is 101 Å². The Morgan fingerprint density at radius 3 is 2.76 bits per heavy atom. The smallest absolute Gasteiger partial charge is 0.235 e. The Balaban J connectivity index is 2.28. The molecule has 0 unspecified atom stereocenters. The van der Waals surface area contributed by atoms with Crippen LogP contribution in [0.2, 0.25) is 0 Å². The van der Waals surface area contributed by atoms with Crippen LogP contribution in [0.15, 0.2) is 23.2 Å². The first kappa shape index (κ1) is 11.6. The molecule has 0 N–H and O–H groups in total. The summed E-state index contributed by atoms with van der Waals surface area (Å²) in [6.45, 7) is 6.98. The van der Waals surface area contributed by atoms with E-state index in [1.165, 1.54) is 0 Å². The summed E-state index contributed by atoms with van der Waals surface area (Å²) >= 11 is 0. The third-order valence-electron chi connectivity index (χ3n) is 2.73. The van der Waals surface area contributed by atoms with E-state index in [1.807, 2.05) is 12.1 Å². The predicted octanol–water partition coefficient (Wildman–Crippen LogP) is 2.14. The van der Waals surface area contributed by atoms with Crippen molar-refractivity contribution in [3.63, 3.8) is 0 Å². The zero-order chi connectivity index (χ0) is 12.5. The second-order valence-electron chi connectivity index (χ2n) is 5.15. The minimum absolute atomic E-state index is 0.0780. The number of hydrogen-bond acceptors (Lipinski definition) is 4. The van der Waals surface area contributed by atoms with Crippen molar-refractivity contribution >= 4 is 5.90 Å². The molecule has 0 aromatic carbocycles. The number of aromatic nitrogens is 1. The Kier molecular flexibility index (Phi) is 2.84. The molecule has 0 spiro atoms. The maximum absolute atomic E-state index is 8.79. The number of aliphatic imine (C=N–C) groups is 1. The number of nitrogens with zero attached hydrogens (tertiary/aromatic N) is 3. The lowest BCUT2D eigenvalue weighted by molar-refractivity contribution is 0.235. The average molecular weight is 229 g/mol. The minimum atomic E-state index is 0.0780. The van der Waals surface area contributed by atoms with Crippen LogP contribution in [0.4, 0.5) is 0 Å². The molecule has 0 saturated heterocycles. The van der Waals surface area contributed by atoms with Gasteiger partial charge < -0.3 is 4.74 Å². The molecule has 0 aliphatic carbocycles. The SMILES string of the molecule is CC(C)(C)[C@H]1COC(c2cccc(C#N)n2)=N1. The summed E-state index contributed by atoms with van der Waals surface area (Å²) in [5.41, 5.74) is 1.10. The van der Waals surface area contributed by atoms with Gasteiger partial charge >= 0.3 is 0 Å². The number of hydrogen-bond donors (Lipinski definition) is 0. The van der Waals surface area contributed by atoms with Gasteiger partial charge in [-0.05, 0) is 17.5 Å². The van der Waals surface area contributed by atoms with Gasteiger partial charge in [0.2, 0.25) is 5.90 Å². The Bertz CT molecular complexity index is 494. The Morgan fingerprint density at radius 1 is 1.41 bits per heavy atom. The van der Waals surface area contributed by atoms with Gasteiger partial charge in [0, 0.05) is 0 Å². The van der Waals surface area contributed by atoms with E-state index in [-0.39, 0.29) is 11.5 Å². The number of nitriles is 1. The van der Waals surface area contributed by atoms with Crippen LogP contribution in [0.3, 0.4) is 0 Å². The summed E-state index contributed by atoms with van der Waals surface area (Å²) in [5.74, 6) is 0.544. The second-order valence-corrected chi connectivity index (χ2v) is 5.15. The van der Waals surface area contributed by atoms with Gasteiger partial charge in [0.1, 0.15) is 24.1 Å². The van der Waals surface area contributed by atoms with Crippen LogP contribution in [0.1, 0.15) is 32.2 Å². The topological polar surface area (TPSA) is 58.3 Å². The van der Waals surface area contributed by atoms with E-state index < -0.39 is 0 Å². The normalized spacial score (nSPS) is 19.4. The van der Waals surface area contributed by atoms with Crippen molar-refractivity contribution in [3.05, 3.63) is 29.6 Å². The fourth-order valence-corrected chi connectivity index (χ4v) is 1.57. The van der Waals surface area contributed by atoms with Gasteiger partial charge in [-0.25, -0.2) is 9.98 Å². The zero-order valence-electron chi connectivity index (χ0n) is 10.3. The van der Waals surface area contributed by atoms with Gasteiger partial charge in [-0.2, -0.15) is 5.26 Å². The summed E-state index contributed by atoms with van der Waals surface area (Å²) < 4.78 is 5.56. The van der Waals surface area contributed by atoms with Crippen molar-refractivity contribution in [2.45, 2.75) is 26.8 Å². The average Bonchev–Trinajstić information content (AvgIpc) is 2.78. The quantitative estimate of drug-likeness (QED) is 0.741. The predicted molar refractivity (Wildman–Crippen MR) is 64.7 cm³/mol. The maximum Gasteiger partial charge on any atom is 0.235 e. The summed E-state index contributed by atoms with van der Waals surface area (Å²) in [5, 5.41) is 8.79. The molecule has 2 rings (SSSR count). The van der Waals surface area contributed by atoms with E-state index in [1.54, 1.807) is 12.1 Å². The first-order chi connectivity index (χ1) is 8.00. The monoisotopic (exact) mass is 229 g/mol. The molecule has 1 aliphatic heterocycles. The molecular weight excluding hydrogens is 214 g/mol. The van der Waals surface area contributed by atoms with Gasteiger partial charge in [-0.1, -0.05) is 26.8 Å². The molecule has 88 valence electrons. The zero-order valence-corrected chi connectivity index (χ0v) is 10.3. The Morgan fingerprint density at radius 2 is 2.18 bits per heavy atom. The van der Waals surface area contributed by atoms with E-state index in [0.29, 0.717) is 23.9 Å². The highest BCUT2D eigenvalue weighted by Crippen LogP contribution is 2.26. The minimum Gasteiger partial charge on any atom is -0.474 e. The second kappa shape index (κ2) is 4.17. The Hall–Kier alpha value is -1.89. The first-order valence-corrected chi connectivity index (χ1v) is 5.59. The van der Waals surface area contributed by atoms with E-state index >= 15 is 0 Å². The highest BCUT2D eigenvalue weighted by molar-refractivity contribution is 5.93. The van der Waals surface area contributed by atoms with Crippen LogP contribution in [0.25, 0.3) is 0 Å². The third kappa shape index (κ3) is 2.44. The fraction of sp³-hybridized carbons (Fsp3) is 0.462. The van der Waals surface area contributed by atoms with E-state index in [2.05, 4.69) is 30.7 Å². The summed E-state index contributed by atoms with van der Waals surface area (Å²) in [6, 6.07) is 7.42. The standard InChI is InChI=1S/C13H15N3O/c1-13(2,3)11-8-17-12(16-11)10-6-4-5-9(7-14)15-10/h4-6,11H,8H2,1-3H3/t11-/m1/s1. The highest BCUT2D eigenvalue weighted by atomic mass is 16.5. The van der Waals surface area contributed by atoms with E-state index in [9.17, 15) is 0 Å². The molecule has 0 saturated carbocycles. The van der Waals surface area contributed by atoms with Crippen LogP contribution < -0.4 is 0 Å². The highest BCUT2D eigenvalue weighted by Gasteiger charge is 2.31. The van der Waals surface area contributed by atoms with Gasteiger partial charge in [0.15, 0.2) is 0 Å². The van der Waals surface area contributed by atoms with E-state index in [4.69, 9.17) is 10.00 Å². The van der Waals surface area contributed by atoms with Crippen molar-refractivity contribution in [2.24, 2.45) is 10.4 Å². The first-order valence-electron chi connectivity index (χ1n) is 5.59. The summed E-state index contributed by atoms with van der Waals surface area (Å²) in [6.07, 6.45) is 0. The molecule has 0 amide bonds. The lowest BCUT2D eigenvalue weighted by Crippen LogP contribution is -2.25. The number of rotatable bonds is 1. The lowest BCUT2D eigenvalue weighted by atomic mass is 9.88. The third-order valence-corrected chi connectivity index (χ3v) is 2.73. The fourth-order valence-electron chi connectivity index (χ4n) is 1.57. The molecule has 1 aromatic rings. The van der Waals surface area contributed by atoms with Crippen molar-refractivity contribution < 1.29 is 4.74 Å². The van der Waals surface area contributed by atoms with Crippen LogP contribution in [-0.4, -0.2) is 23.5 Å². The maximum atomic E-state index is 8.79. The van der Waals surface area contributed by atoms with Crippen molar-refractivity contribution in [2.75, 3.05) is 6.61 Å². The summed E-state index contributed by atoms with van der Waals surface area (Å²) in [7, 11) is 0. The van der Waals surface area contributed by atoms with Crippen molar-refractivity contribution in [3.8, 4) is 6.07 Å². The largest absolute Gasteiger partial charge is 0.474 e. The number of ether oxygens (including phenoxy) is 1. The molecule has 2 heterocycles. The number of pyridine rings is 1. The van der Waals surface area contributed by atoms with Gasteiger partial charge in [0.05, 0.1) is 6.04 Å². The molecule has 1 aliphatic rings. The molecule has 0 fully saturated rings.